The first-order valence-electron chi connectivity index (χ1n) is 11.0. The van der Waals surface area contributed by atoms with E-state index in [0.29, 0.717) is 25.0 Å². The molecule has 8 nitrogen and oxygen atoms in total. The molecule has 2 N–H and O–H groups in total. The van der Waals surface area contributed by atoms with Gasteiger partial charge in [0.05, 0.1) is 6.04 Å². The first-order chi connectivity index (χ1) is 15.1. The zero-order valence-corrected chi connectivity index (χ0v) is 20.3. The first kappa shape index (κ1) is 25.8. The molecule has 1 aliphatic rings. The fourth-order valence-corrected chi connectivity index (χ4v) is 4.49. The highest BCUT2D eigenvalue weighted by Crippen LogP contribution is 2.26. The highest BCUT2D eigenvalue weighted by Gasteiger charge is 2.44. The quantitative estimate of drug-likeness (QED) is 0.517. The van der Waals surface area contributed by atoms with Crippen LogP contribution >= 0.6 is 11.8 Å². The molecule has 1 aromatic rings. The van der Waals surface area contributed by atoms with E-state index in [0.717, 1.165) is 5.56 Å². The number of aromatic nitrogens is 1. The Morgan fingerprint density at radius 1 is 1.25 bits per heavy atom. The third kappa shape index (κ3) is 6.79. The average molecular weight is 463 g/mol. The lowest BCUT2D eigenvalue weighted by molar-refractivity contribution is -0.141. The van der Waals surface area contributed by atoms with Crippen molar-refractivity contribution in [2.24, 2.45) is 5.92 Å². The van der Waals surface area contributed by atoms with Crippen molar-refractivity contribution in [3.63, 3.8) is 0 Å². The number of likely N-dealkylation sites (tertiary alicyclic amines) is 1. The summed E-state index contributed by atoms with van der Waals surface area (Å²) in [7, 11) is 0. The van der Waals surface area contributed by atoms with Crippen molar-refractivity contribution in [3.05, 3.63) is 30.1 Å². The maximum atomic E-state index is 13.3. The number of Topliss-reactive ketones (excluding diaryl/α,β-unsaturated/α-hetero) is 1. The Kier molecular flexibility index (Phi) is 9.68. The molecule has 9 heteroatoms. The van der Waals surface area contributed by atoms with Gasteiger partial charge in [0.15, 0.2) is 5.78 Å². The molecule has 2 heterocycles. The zero-order valence-electron chi connectivity index (χ0n) is 19.5. The molecule has 0 saturated carbocycles. The van der Waals surface area contributed by atoms with E-state index in [1.165, 1.54) is 6.92 Å². The Balaban J connectivity index is 2.19. The van der Waals surface area contributed by atoms with Crippen LogP contribution in [0.3, 0.4) is 0 Å². The van der Waals surface area contributed by atoms with Gasteiger partial charge >= 0.3 is 0 Å². The number of ketones is 1. The lowest BCUT2D eigenvalue weighted by atomic mass is 9.94. The number of carbonyl (C=O) groups is 4. The Morgan fingerprint density at radius 3 is 2.47 bits per heavy atom. The monoisotopic (exact) mass is 462 g/mol. The minimum atomic E-state index is -0.719. The van der Waals surface area contributed by atoms with E-state index in [-0.39, 0.29) is 35.5 Å². The molecule has 1 fully saturated rings. The Labute approximate surface area is 194 Å². The van der Waals surface area contributed by atoms with Crippen molar-refractivity contribution in [2.75, 3.05) is 12.0 Å². The Bertz CT molecular complexity index is 817. The van der Waals surface area contributed by atoms with Gasteiger partial charge in [-0.3, -0.25) is 24.2 Å². The molecule has 0 radical (unpaired) electrons. The van der Waals surface area contributed by atoms with Gasteiger partial charge in [0.25, 0.3) is 0 Å². The van der Waals surface area contributed by atoms with Crippen LogP contribution in [-0.2, 0) is 25.6 Å². The van der Waals surface area contributed by atoms with Crippen LogP contribution in [-0.4, -0.2) is 69.6 Å². The van der Waals surface area contributed by atoms with Crippen molar-refractivity contribution in [1.82, 2.24) is 20.5 Å². The van der Waals surface area contributed by atoms with Gasteiger partial charge < -0.3 is 15.5 Å². The number of amides is 3. The normalized spacial score (nSPS) is 20.2. The first-order valence-corrected chi connectivity index (χ1v) is 12.4. The summed E-state index contributed by atoms with van der Waals surface area (Å²) in [6, 6.07) is 1.46. The van der Waals surface area contributed by atoms with Crippen molar-refractivity contribution in [2.45, 2.75) is 71.1 Å². The fraction of sp³-hybridized carbons (Fsp3) is 0.609. The highest BCUT2D eigenvalue weighted by molar-refractivity contribution is 7.98. The van der Waals surface area contributed by atoms with Crippen LogP contribution < -0.4 is 10.6 Å². The van der Waals surface area contributed by atoms with Crippen LogP contribution in [0.5, 0.6) is 0 Å². The van der Waals surface area contributed by atoms with E-state index < -0.39 is 18.1 Å². The van der Waals surface area contributed by atoms with E-state index in [2.05, 4.69) is 15.6 Å². The van der Waals surface area contributed by atoms with E-state index >= 15 is 0 Å². The number of hydrogen-bond donors (Lipinski definition) is 2. The summed E-state index contributed by atoms with van der Waals surface area (Å²) in [5, 5.41) is 5.48. The summed E-state index contributed by atoms with van der Waals surface area (Å²) in [5.74, 6) is -0.459. The Hall–Kier alpha value is -2.42. The molecule has 1 saturated heterocycles. The minimum Gasteiger partial charge on any atom is -0.345 e. The second kappa shape index (κ2) is 12.0. The molecular formula is C23H34N4O4S. The molecule has 1 aliphatic heterocycles. The van der Waals surface area contributed by atoms with E-state index in [9.17, 15) is 19.2 Å². The standard InChI is InChI=1S/C23H34N4O4S/c1-14(2)21(29)20(13-17-6-9-24-10-7-17)27-15(3)12-19(23(27)31)26-22(30)18(8-11-32-5)25-16(4)28/h6-7,9-10,14-15,18-20H,8,11-13H2,1-5H3,(H,25,28)(H,26,30). The number of thioether (sulfide) groups is 1. The molecule has 0 bridgehead atoms. The molecule has 4 atom stereocenters. The van der Waals surface area contributed by atoms with E-state index in [1.54, 1.807) is 29.1 Å². The predicted molar refractivity (Wildman–Crippen MR) is 125 cm³/mol. The summed E-state index contributed by atoms with van der Waals surface area (Å²) in [5.41, 5.74) is 0.925. The van der Waals surface area contributed by atoms with Gasteiger partial charge in [0, 0.05) is 37.7 Å². The molecule has 1 aromatic heterocycles. The molecule has 32 heavy (non-hydrogen) atoms. The number of rotatable bonds is 11. The third-order valence-electron chi connectivity index (χ3n) is 5.64. The van der Waals surface area contributed by atoms with Crippen molar-refractivity contribution in [3.8, 4) is 0 Å². The summed E-state index contributed by atoms with van der Waals surface area (Å²) in [6.45, 7) is 6.92. The molecule has 0 aliphatic carbocycles. The number of hydrogen-bond acceptors (Lipinski definition) is 6. The number of carbonyl (C=O) groups excluding carboxylic acids is 4. The van der Waals surface area contributed by atoms with Gasteiger partial charge in [-0.15, -0.1) is 0 Å². The van der Waals surface area contributed by atoms with Crippen LogP contribution in [0.1, 0.15) is 46.1 Å². The lowest BCUT2D eigenvalue weighted by Gasteiger charge is -2.32. The maximum Gasteiger partial charge on any atom is 0.246 e. The number of nitrogens with one attached hydrogen (secondary N) is 2. The number of nitrogens with zero attached hydrogens (tertiary/aromatic N) is 2. The summed E-state index contributed by atoms with van der Waals surface area (Å²) in [6.07, 6.45) is 6.56. The van der Waals surface area contributed by atoms with Gasteiger partial charge in [-0.2, -0.15) is 11.8 Å². The average Bonchev–Trinajstić information content (AvgIpc) is 3.02. The highest BCUT2D eigenvalue weighted by atomic mass is 32.2. The lowest BCUT2D eigenvalue weighted by Crippen LogP contribution is -2.53. The predicted octanol–water partition coefficient (Wildman–Crippen LogP) is 1.58. The van der Waals surface area contributed by atoms with Crippen molar-refractivity contribution in [1.29, 1.82) is 0 Å². The van der Waals surface area contributed by atoms with Gasteiger partial charge in [0.2, 0.25) is 17.7 Å². The fourth-order valence-electron chi connectivity index (χ4n) is 4.02. The van der Waals surface area contributed by atoms with Crippen LogP contribution in [0.25, 0.3) is 0 Å². The van der Waals surface area contributed by atoms with Gasteiger partial charge in [-0.05, 0) is 49.5 Å². The van der Waals surface area contributed by atoms with Gasteiger partial charge in [-0.25, -0.2) is 0 Å². The summed E-state index contributed by atoms with van der Waals surface area (Å²) >= 11 is 1.58. The van der Waals surface area contributed by atoms with Crippen LogP contribution in [0.4, 0.5) is 0 Å². The summed E-state index contributed by atoms with van der Waals surface area (Å²) in [4.78, 5) is 56.4. The third-order valence-corrected chi connectivity index (χ3v) is 6.28. The van der Waals surface area contributed by atoms with Crippen molar-refractivity contribution < 1.29 is 19.2 Å². The molecule has 0 spiro atoms. The molecule has 4 unspecified atom stereocenters. The SMILES string of the molecule is CSCCC(NC(C)=O)C(=O)NC1CC(C)N(C(Cc2ccncc2)C(=O)C(C)C)C1=O. The molecule has 3 amide bonds. The molecule has 0 aromatic carbocycles. The Morgan fingerprint density at radius 2 is 1.91 bits per heavy atom. The largest absolute Gasteiger partial charge is 0.345 e. The minimum absolute atomic E-state index is 0.00918. The van der Waals surface area contributed by atoms with Crippen molar-refractivity contribution >= 4 is 35.3 Å². The molecule has 176 valence electrons. The second-order valence-corrected chi connectivity index (χ2v) is 9.54. The van der Waals surface area contributed by atoms with Crippen LogP contribution in [0.2, 0.25) is 0 Å². The second-order valence-electron chi connectivity index (χ2n) is 8.56. The van der Waals surface area contributed by atoms with E-state index in [4.69, 9.17) is 0 Å². The zero-order chi connectivity index (χ0) is 23.8. The van der Waals surface area contributed by atoms with Crippen LogP contribution in [0.15, 0.2) is 24.5 Å². The summed E-state index contributed by atoms with van der Waals surface area (Å²) < 4.78 is 0. The van der Waals surface area contributed by atoms with Crippen LogP contribution in [0, 0.1) is 5.92 Å². The topological polar surface area (TPSA) is 108 Å². The maximum absolute atomic E-state index is 13.3. The number of pyridine rings is 1. The van der Waals surface area contributed by atoms with Gasteiger partial charge in [0.1, 0.15) is 12.1 Å². The van der Waals surface area contributed by atoms with Gasteiger partial charge in [-0.1, -0.05) is 13.8 Å². The smallest absolute Gasteiger partial charge is 0.246 e. The molecule has 2 rings (SSSR count). The molecular weight excluding hydrogens is 428 g/mol. The van der Waals surface area contributed by atoms with E-state index in [1.807, 2.05) is 39.2 Å².